The molecular formula is C23H31N7O. The van der Waals surface area contributed by atoms with E-state index in [1.54, 1.807) is 0 Å². The smallest absolute Gasteiger partial charge is 0.264 e. The zero-order valence-electron chi connectivity index (χ0n) is 18.3. The summed E-state index contributed by atoms with van der Waals surface area (Å²) >= 11 is 0. The van der Waals surface area contributed by atoms with Crippen molar-refractivity contribution in [3.05, 3.63) is 22.6 Å². The van der Waals surface area contributed by atoms with Crippen LogP contribution in [-0.4, -0.2) is 37.1 Å². The van der Waals surface area contributed by atoms with E-state index in [0.29, 0.717) is 28.8 Å². The zero-order valence-corrected chi connectivity index (χ0v) is 18.3. The lowest BCUT2D eigenvalue weighted by Crippen LogP contribution is -2.30. The summed E-state index contributed by atoms with van der Waals surface area (Å²) in [4.78, 5) is 15.9. The van der Waals surface area contributed by atoms with Crippen LogP contribution in [0.3, 0.4) is 0 Å². The van der Waals surface area contributed by atoms with Crippen LogP contribution in [0.4, 0.5) is 11.6 Å². The summed E-state index contributed by atoms with van der Waals surface area (Å²) in [5.41, 5.74) is 8.62. The summed E-state index contributed by atoms with van der Waals surface area (Å²) in [5, 5.41) is 12.6. The number of H-pyrrole nitrogens is 1. The quantitative estimate of drug-likeness (QED) is 0.635. The monoisotopic (exact) mass is 421 g/mol. The van der Waals surface area contributed by atoms with Crippen LogP contribution in [0.2, 0.25) is 0 Å². The van der Waals surface area contributed by atoms with Gasteiger partial charge in [0.05, 0.1) is 11.2 Å². The van der Waals surface area contributed by atoms with Crippen LogP contribution >= 0.6 is 0 Å². The number of nitrogen functional groups attached to an aromatic ring is 1. The number of fused-ring (bicyclic) bond motifs is 1. The zero-order chi connectivity index (χ0) is 21.3. The molecule has 4 heterocycles. The Balaban J connectivity index is 1.51. The first kappa shape index (κ1) is 19.0. The van der Waals surface area contributed by atoms with E-state index in [0.717, 1.165) is 30.0 Å². The van der Waals surface area contributed by atoms with Gasteiger partial charge in [0.25, 0.3) is 5.56 Å². The van der Waals surface area contributed by atoms with E-state index in [-0.39, 0.29) is 17.4 Å². The van der Waals surface area contributed by atoms with Gasteiger partial charge in [0.15, 0.2) is 5.82 Å². The molecule has 31 heavy (non-hydrogen) atoms. The van der Waals surface area contributed by atoms with Crippen molar-refractivity contribution in [3.63, 3.8) is 0 Å². The second kappa shape index (κ2) is 6.87. The molecule has 0 spiro atoms. The van der Waals surface area contributed by atoms with Gasteiger partial charge in [0.1, 0.15) is 11.2 Å². The molecule has 8 heteroatoms. The predicted molar refractivity (Wildman–Crippen MR) is 122 cm³/mol. The first-order valence-electron chi connectivity index (χ1n) is 11.8. The van der Waals surface area contributed by atoms with Crippen molar-refractivity contribution in [1.29, 1.82) is 0 Å². The van der Waals surface area contributed by atoms with Gasteiger partial charge in [-0.2, -0.15) is 10.2 Å². The molecule has 0 amide bonds. The minimum atomic E-state index is -0.0180. The number of rotatable bonds is 6. The number of aryl methyl sites for hydroxylation is 1. The van der Waals surface area contributed by atoms with Crippen LogP contribution in [0.1, 0.15) is 57.9 Å². The second-order valence-corrected chi connectivity index (χ2v) is 9.69. The fraction of sp³-hybridized carbons (Fsp3) is 0.609. The maximum atomic E-state index is 13.5. The molecule has 1 unspecified atom stereocenters. The second-order valence-electron chi connectivity index (χ2n) is 9.69. The Labute approximate surface area is 181 Å². The third kappa shape index (κ3) is 2.98. The third-order valence-corrected chi connectivity index (χ3v) is 7.59. The molecule has 3 aromatic rings. The van der Waals surface area contributed by atoms with E-state index in [1.807, 2.05) is 22.5 Å². The van der Waals surface area contributed by atoms with Gasteiger partial charge in [-0.15, -0.1) is 0 Å². The molecule has 2 saturated carbocycles. The van der Waals surface area contributed by atoms with Gasteiger partial charge in [0.2, 0.25) is 0 Å². The van der Waals surface area contributed by atoms with Crippen molar-refractivity contribution in [3.8, 4) is 11.3 Å². The number of aromatic nitrogens is 5. The number of hydrogen-bond acceptors (Lipinski definition) is 5. The minimum Gasteiger partial charge on any atom is -0.382 e. The summed E-state index contributed by atoms with van der Waals surface area (Å²) in [6.45, 7) is 3.32. The average Bonchev–Trinajstić information content (AvgIpc) is 3.65. The van der Waals surface area contributed by atoms with Crippen molar-refractivity contribution in [2.24, 2.45) is 18.9 Å². The summed E-state index contributed by atoms with van der Waals surface area (Å²) in [7, 11) is 2.01. The molecule has 164 valence electrons. The number of nitrogens with two attached hydrogens (primary N) is 1. The summed E-state index contributed by atoms with van der Waals surface area (Å²) in [6.07, 6.45) is 10.5. The highest BCUT2D eigenvalue weighted by Gasteiger charge is 2.43. The fourth-order valence-electron chi connectivity index (χ4n) is 5.71. The Morgan fingerprint density at radius 2 is 1.97 bits per heavy atom. The van der Waals surface area contributed by atoms with Gasteiger partial charge < -0.3 is 15.2 Å². The van der Waals surface area contributed by atoms with Crippen molar-refractivity contribution in [1.82, 2.24) is 24.5 Å². The molecule has 8 nitrogen and oxygen atoms in total. The number of nitrogens with zero attached hydrogens (tertiary/aromatic N) is 5. The Bertz CT molecular complexity index is 1180. The van der Waals surface area contributed by atoms with Crippen LogP contribution in [0.5, 0.6) is 0 Å². The molecule has 3 N–H and O–H groups in total. The molecule has 3 aromatic heterocycles. The maximum absolute atomic E-state index is 13.5. The number of hydrogen-bond donors (Lipinski definition) is 2. The summed E-state index contributed by atoms with van der Waals surface area (Å²) in [6, 6.07) is 3.00. The number of anilines is 2. The summed E-state index contributed by atoms with van der Waals surface area (Å²) in [5.74, 6) is 2.64. The topological polar surface area (TPSA) is 97.8 Å². The van der Waals surface area contributed by atoms with Crippen LogP contribution in [0.15, 0.2) is 17.1 Å². The van der Waals surface area contributed by atoms with Crippen molar-refractivity contribution in [2.75, 3.05) is 17.2 Å². The number of pyridine rings is 1. The van der Waals surface area contributed by atoms with E-state index in [4.69, 9.17) is 10.8 Å². The van der Waals surface area contributed by atoms with Gasteiger partial charge in [-0.3, -0.25) is 14.6 Å². The van der Waals surface area contributed by atoms with Crippen LogP contribution in [0, 0.1) is 11.8 Å². The lowest BCUT2D eigenvalue weighted by Gasteiger charge is -2.25. The predicted octanol–water partition coefficient (Wildman–Crippen LogP) is 3.45. The van der Waals surface area contributed by atoms with E-state index < -0.39 is 0 Å². The maximum Gasteiger partial charge on any atom is 0.264 e. The Morgan fingerprint density at radius 1 is 1.23 bits per heavy atom. The Morgan fingerprint density at radius 3 is 2.65 bits per heavy atom. The highest BCUT2D eigenvalue weighted by atomic mass is 16.1. The largest absolute Gasteiger partial charge is 0.382 e. The Hall–Kier alpha value is -2.77. The van der Waals surface area contributed by atoms with E-state index in [9.17, 15) is 4.79 Å². The van der Waals surface area contributed by atoms with Crippen LogP contribution in [-0.2, 0) is 7.05 Å². The molecule has 1 aliphatic heterocycles. The SMILES string of the molecule is CCC1CCCN1c1cc(-c2cn(C(C3CC3)C3CC3)c(=O)c3c(N)n[nH]c23)nn1C. The van der Waals surface area contributed by atoms with Gasteiger partial charge in [-0.05, 0) is 56.8 Å². The first-order chi connectivity index (χ1) is 15.1. The summed E-state index contributed by atoms with van der Waals surface area (Å²) < 4.78 is 3.95. The molecular weight excluding hydrogens is 390 g/mol. The lowest BCUT2D eigenvalue weighted by atomic mass is 10.0. The molecule has 2 aliphatic carbocycles. The molecule has 1 saturated heterocycles. The van der Waals surface area contributed by atoms with Crippen molar-refractivity contribution in [2.45, 2.75) is 64.0 Å². The first-order valence-corrected chi connectivity index (χ1v) is 11.8. The average molecular weight is 422 g/mol. The van der Waals surface area contributed by atoms with Gasteiger partial charge >= 0.3 is 0 Å². The third-order valence-electron chi connectivity index (χ3n) is 7.59. The van der Waals surface area contributed by atoms with Gasteiger partial charge in [-0.25, -0.2) is 0 Å². The van der Waals surface area contributed by atoms with Crippen molar-refractivity contribution >= 4 is 22.5 Å². The van der Waals surface area contributed by atoms with Gasteiger partial charge in [0, 0.05) is 43.5 Å². The highest BCUT2D eigenvalue weighted by molar-refractivity contribution is 5.97. The number of aromatic amines is 1. The molecule has 3 fully saturated rings. The molecule has 0 aromatic carbocycles. The molecule has 3 aliphatic rings. The van der Waals surface area contributed by atoms with Crippen LogP contribution < -0.4 is 16.2 Å². The normalized spacial score (nSPS) is 21.6. The van der Waals surface area contributed by atoms with Gasteiger partial charge in [-0.1, -0.05) is 6.92 Å². The highest BCUT2D eigenvalue weighted by Crippen LogP contribution is 2.52. The fourth-order valence-corrected chi connectivity index (χ4v) is 5.71. The number of nitrogens with one attached hydrogen (secondary N) is 1. The van der Waals surface area contributed by atoms with E-state index in [2.05, 4.69) is 28.1 Å². The molecule has 0 bridgehead atoms. The van der Waals surface area contributed by atoms with E-state index in [1.165, 1.54) is 38.5 Å². The molecule has 1 atom stereocenters. The Kier molecular flexibility index (Phi) is 4.20. The standard InChI is InChI=1S/C23H31N7O/c1-3-15-5-4-10-29(15)18-11-17(27-28(18)2)16-12-30(21(13-6-7-13)14-8-9-14)23(31)19-20(16)25-26-22(19)24/h11-15,21H,3-10H2,1-2H3,(H3,24,25,26). The minimum absolute atomic E-state index is 0.0180. The molecule has 6 rings (SSSR count). The van der Waals surface area contributed by atoms with E-state index >= 15 is 0 Å². The molecule has 0 radical (unpaired) electrons. The van der Waals surface area contributed by atoms with Crippen LogP contribution in [0.25, 0.3) is 22.2 Å². The lowest BCUT2D eigenvalue weighted by molar-refractivity contribution is 0.386. The van der Waals surface area contributed by atoms with Crippen molar-refractivity contribution < 1.29 is 0 Å².